The Morgan fingerprint density at radius 2 is 2.05 bits per heavy atom. The number of carbonyl (C=O) groups is 1. The molecule has 1 fully saturated rings. The Hall–Kier alpha value is -1.46. The highest BCUT2D eigenvalue weighted by Crippen LogP contribution is 2.28. The third kappa shape index (κ3) is 5.44. The van der Waals surface area contributed by atoms with Gasteiger partial charge in [-0.3, -0.25) is 4.79 Å². The number of likely N-dealkylation sites (N-methyl/N-ethyl adjacent to an activating group) is 1. The number of hydrogen-bond acceptors (Lipinski definition) is 3. The number of rotatable bonds is 8. The minimum Gasteiger partial charge on any atom is -0.389 e. The predicted molar refractivity (Wildman–Crippen MR) is 87.2 cm³/mol. The maximum atomic E-state index is 12.1. The average Bonchev–Trinajstić information content (AvgIpc) is 3.28. The first-order valence-corrected chi connectivity index (χ1v) is 7.67. The minimum atomic E-state index is 0.0908. The second-order valence-electron chi connectivity index (χ2n) is 5.57. The molecular weight excluding hydrogens is 284 g/mol. The molecule has 1 amide bonds. The lowest BCUT2D eigenvalue weighted by Crippen LogP contribution is -2.31. The third-order valence-corrected chi connectivity index (χ3v) is 3.88. The first kappa shape index (κ1) is 15.9. The first-order chi connectivity index (χ1) is 10.1. The van der Waals surface area contributed by atoms with Gasteiger partial charge in [0.25, 0.3) is 0 Å². The number of amides is 1. The second kappa shape index (κ2) is 7.52. The van der Waals surface area contributed by atoms with Crippen LogP contribution < -0.4 is 5.73 Å². The number of thiocarbonyl (C=S) groups is 1. The van der Waals surface area contributed by atoms with E-state index >= 15 is 0 Å². The molecule has 0 aromatic heterocycles. The molecule has 2 rings (SSSR count). The van der Waals surface area contributed by atoms with Crippen LogP contribution in [-0.4, -0.2) is 42.6 Å². The van der Waals surface area contributed by atoms with Crippen molar-refractivity contribution in [3.05, 3.63) is 35.4 Å². The largest absolute Gasteiger partial charge is 0.389 e. The molecule has 114 valence electrons. The van der Waals surface area contributed by atoms with Crippen molar-refractivity contribution in [2.24, 2.45) is 11.7 Å². The van der Waals surface area contributed by atoms with E-state index in [-0.39, 0.29) is 5.91 Å². The zero-order chi connectivity index (χ0) is 15.2. The van der Waals surface area contributed by atoms with Crippen molar-refractivity contribution in [2.75, 3.05) is 26.8 Å². The molecule has 0 bridgehead atoms. The number of hydrogen-bond donors (Lipinski definition) is 1. The SMILES string of the molecule is CN(CCOCC1CC1)C(=O)Cc1ccc(C(N)=S)cc1. The number of nitrogens with two attached hydrogens (primary N) is 1. The van der Waals surface area contributed by atoms with Crippen molar-refractivity contribution < 1.29 is 9.53 Å². The van der Waals surface area contributed by atoms with E-state index in [0.717, 1.165) is 23.7 Å². The summed E-state index contributed by atoms with van der Waals surface area (Å²) in [6.07, 6.45) is 2.96. The summed E-state index contributed by atoms with van der Waals surface area (Å²) >= 11 is 4.91. The molecule has 0 saturated heterocycles. The summed E-state index contributed by atoms with van der Waals surface area (Å²) < 4.78 is 5.55. The molecule has 0 spiro atoms. The second-order valence-corrected chi connectivity index (χ2v) is 6.01. The molecule has 2 N–H and O–H groups in total. The van der Waals surface area contributed by atoms with Crippen molar-refractivity contribution in [3.8, 4) is 0 Å². The zero-order valence-corrected chi connectivity index (χ0v) is 13.2. The fraction of sp³-hybridized carbons (Fsp3) is 0.500. The van der Waals surface area contributed by atoms with Crippen LogP contribution >= 0.6 is 12.2 Å². The molecular formula is C16H22N2O2S. The van der Waals surface area contributed by atoms with Crippen LogP contribution in [0.15, 0.2) is 24.3 Å². The third-order valence-electron chi connectivity index (χ3n) is 3.64. The van der Waals surface area contributed by atoms with Crippen LogP contribution in [0.25, 0.3) is 0 Å². The van der Waals surface area contributed by atoms with E-state index in [0.29, 0.717) is 24.6 Å². The van der Waals surface area contributed by atoms with Crippen molar-refractivity contribution >= 4 is 23.1 Å². The van der Waals surface area contributed by atoms with E-state index in [4.69, 9.17) is 22.7 Å². The summed E-state index contributed by atoms with van der Waals surface area (Å²) in [4.78, 5) is 14.2. The van der Waals surface area contributed by atoms with Crippen LogP contribution in [0.3, 0.4) is 0 Å². The van der Waals surface area contributed by atoms with Crippen LogP contribution in [0.1, 0.15) is 24.0 Å². The molecule has 0 atom stereocenters. The van der Waals surface area contributed by atoms with Gasteiger partial charge in [-0.15, -0.1) is 0 Å². The van der Waals surface area contributed by atoms with Gasteiger partial charge >= 0.3 is 0 Å². The van der Waals surface area contributed by atoms with Gasteiger partial charge in [0.05, 0.1) is 13.0 Å². The van der Waals surface area contributed by atoms with Crippen LogP contribution in [0.2, 0.25) is 0 Å². The molecule has 0 aliphatic heterocycles. The summed E-state index contributed by atoms with van der Waals surface area (Å²) in [5.41, 5.74) is 7.34. The first-order valence-electron chi connectivity index (χ1n) is 7.26. The van der Waals surface area contributed by atoms with Gasteiger partial charge in [0, 0.05) is 25.8 Å². The van der Waals surface area contributed by atoms with Crippen molar-refractivity contribution in [1.29, 1.82) is 0 Å². The Bertz CT molecular complexity index is 498. The maximum absolute atomic E-state index is 12.1. The number of nitrogens with zero attached hydrogens (tertiary/aromatic N) is 1. The average molecular weight is 306 g/mol. The van der Waals surface area contributed by atoms with E-state index < -0.39 is 0 Å². The summed E-state index contributed by atoms with van der Waals surface area (Å²) in [7, 11) is 1.81. The Morgan fingerprint density at radius 1 is 1.38 bits per heavy atom. The Morgan fingerprint density at radius 3 is 2.62 bits per heavy atom. The van der Waals surface area contributed by atoms with Gasteiger partial charge in [0.15, 0.2) is 0 Å². The number of ether oxygens (including phenoxy) is 1. The molecule has 4 nitrogen and oxygen atoms in total. The van der Waals surface area contributed by atoms with Crippen LogP contribution in [-0.2, 0) is 16.0 Å². The van der Waals surface area contributed by atoms with E-state index in [1.165, 1.54) is 12.8 Å². The number of carbonyl (C=O) groups excluding carboxylic acids is 1. The molecule has 0 radical (unpaired) electrons. The maximum Gasteiger partial charge on any atom is 0.226 e. The standard InChI is InChI=1S/C16H22N2O2S/c1-18(8-9-20-11-13-2-3-13)15(19)10-12-4-6-14(7-5-12)16(17)21/h4-7,13H,2-3,8-11H2,1H3,(H2,17,21). The van der Waals surface area contributed by atoms with E-state index in [9.17, 15) is 4.79 Å². The summed E-state index contributed by atoms with van der Waals surface area (Å²) in [5, 5.41) is 0. The summed E-state index contributed by atoms with van der Waals surface area (Å²) in [5.74, 6) is 0.853. The Labute approximate surface area is 131 Å². The lowest BCUT2D eigenvalue weighted by Gasteiger charge is -2.17. The van der Waals surface area contributed by atoms with E-state index in [2.05, 4.69) is 0 Å². The summed E-state index contributed by atoms with van der Waals surface area (Å²) in [6, 6.07) is 7.49. The van der Waals surface area contributed by atoms with E-state index in [1.54, 1.807) is 4.90 Å². The normalized spacial score (nSPS) is 14.0. The van der Waals surface area contributed by atoms with Crippen molar-refractivity contribution in [2.45, 2.75) is 19.3 Å². The van der Waals surface area contributed by atoms with Crippen LogP contribution in [0, 0.1) is 5.92 Å². The van der Waals surface area contributed by atoms with Gasteiger partial charge in [0.1, 0.15) is 4.99 Å². The lowest BCUT2D eigenvalue weighted by atomic mass is 10.1. The Balaban J connectivity index is 1.72. The van der Waals surface area contributed by atoms with Crippen molar-refractivity contribution in [3.63, 3.8) is 0 Å². The highest BCUT2D eigenvalue weighted by Gasteiger charge is 2.21. The number of benzene rings is 1. The van der Waals surface area contributed by atoms with Gasteiger partial charge in [0.2, 0.25) is 5.91 Å². The highest BCUT2D eigenvalue weighted by molar-refractivity contribution is 7.80. The van der Waals surface area contributed by atoms with Gasteiger partial charge in [-0.2, -0.15) is 0 Å². The topological polar surface area (TPSA) is 55.6 Å². The molecule has 1 aliphatic carbocycles. The molecule has 1 aliphatic rings. The fourth-order valence-electron chi connectivity index (χ4n) is 1.96. The Kier molecular flexibility index (Phi) is 5.70. The highest BCUT2D eigenvalue weighted by atomic mass is 32.1. The smallest absolute Gasteiger partial charge is 0.226 e. The van der Waals surface area contributed by atoms with E-state index in [1.807, 2.05) is 31.3 Å². The molecule has 0 heterocycles. The predicted octanol–water partition coefficient (Wildman–Crippen LogP) is 1.75. The molecule has 21 heavy (non-hydrogen) atoms. The molecule has 1 saturated carbocycles. The molecule has 1 aromatic rings. The molecule has 1 aromatic carbocycles. The van der Waals surface area contributed by atoms with Gasteiger partial charge in [-0.25, -0.2) is 0 Å². The van der Waals surface area contributed by atoms with Gasteiger partial charge in [-0.05, 0) is 24.3 Å². The van der Waals surface area contributed by atoms with Crippen LogP contribution in [0.5, 0.6) is 0 Å². The van der Waals surface area contributed by atoms with Crippen molar-refractivity contribution in [1.82, 2.24) is 4.90 Å². The monoisotopic (exact) mass is 306 g/mol. The summed E-state index contributed by atoms with van der Waals surface area (Å²) in [6.45, 7) is 2.08. The zero-order valence-electron chi connectivity index (χ0n) is 12.4. The minimum absolute atomic E-state index is 0.0908. The molecule has 5 heteroatoms. The van der Waals surface area contributed by atoms with Gasteiger partial charge < -0.3 is 15.4 Å². The lowest BCUT2D eigenvalue weighted by molar-refractivity contribution is -0.129. The fourth-order valence-corrected chi connectivity index (χ4v) is 2.09. The van der Waals surface area contributed by atoms with Crippen LogP contribution in [0.4, 0.5) is 0 Å². The molecule has 0 unspecified atom stereocenters. The quantitative estimate of drug-likeness (QED) is 0.587. The van der Waals surface area contributed by atoms with Gasteiger partial charge in [-0.1, -0.05) is 36.5 Å².